The van der Waals surface area contributed by atoms with Gasteiger partial charge in [0.05, 0.1) is 18.3 Å². The van der Waals surface area contributed by atoms with Crippen molar-refractivity contribution in [3.05, 3.63) is 30.0 Å². The van der Waals surface area contributed by atoms with Crippen LogP contribution in [0.25, 0.3) is 11.0 Å². The number of aliphatic hydroxyl groups is 1. The molecule has 0 radical (unpaired) electrons. The summed E-state index contributed by atoms with van der Waals surface area (Å²) in [5.74, 6) is 0.837. The van der Waals surface area contributed by atoms with Crippen LogP contribution in [-0.4, -0.2) is 24.4 Å². The summed E-state index contributed by atoms with van der Waals surface area (Å²) in [6.45, 7) is 2.83. The molecule has 1 atom stereocenters. The van der Waals surface area contributed by atoms with Crippen LogP contribution < -0.4 is 10.1 Å². The largest absolute Gasteiger partial charge is 0.493 e. The summed E-state index contributed by atoms with van der Waals surface area (Å²) in [4.78, 5) is 0. The first-order valence-electron chi connectivity index (χ1n) is 7.29. The van der Waals surface area contributed by atoms with Gasteiger partial charge in [0.1, 0.15) is 11.3 Å². The molecule has 3 rings (SSSR count). The highest BCUT2D eigenvalue weighted by Crippen LogP contribution is 2.32. The fourth-order valence-electron chi connectivity index (χ4n) is 2.37. The summed E-state index contributed by atoms with van der Waals surface area (Å²) in [6.07, 6.45) is 4.87. The summed E-state index contributed by atoms with van der Waals surface area (Å²) in [7, 11) is 0. The van der Waals surface area contributed by atoms with Crippen molar-refractivity contribution in [3.8, 4) is 5.75 Å². The summed E-state index contributed by atoms with van der Waals surface area (Å²) in [5, 5.41) is 13.4. The molecule has 1 aromatic carbocycles. The predicted octanol–water partition coefficient (Wildman–Crippen LogP) is 3.01. The Morgan fingerprint density at radius 3 is 3.05 bits per heavy atom. The molecule has 1 aliphatic carbocycles. The van der Waals surface area contributed by atoms with E-state index < -0.39 is 0 Å². The molecule has 0 bridgehead atoms. The lowest BCUT2D eigenvalue weighted by Gasteiger charge is -2.15. The van der Waals surface area contributed by atoms with Crippen molar-refractivity contribution in [1.29, 1.82) is 0 Å². The minimum absolute atomic E-state index is 0.147. The molecule has 1 aromatic heterocycles. The maximum Gasteiger partial charge on any atom is 0.137 e. The van der Waals surface area contributed by atoms with Crippen molar-refractivity contribution < 1.29 is 14.3 Å². The summed E-state index contributed by atoms with van der Waals surface area (Å²) in [5.41, 5.74) is 2.03. The molecule has 108 valence electrons. The predicted molar refractivity (Wildman–Crippen MR) is 78.0 cm³/mol. The van der Waals surface area contributed by atoms with Crippen LogP contribution in [0.15, 0.2) is 28.9 Å². The third-order valence-electron chi connectivity index (χ3n) is 3.68. The lowest BCUT2D eigenvalue weighted by atomic mass is 10.1. The van der Waals surface area contributed by atoms with Crippen molar-refractivity contribution in [2.75, 3.05) is 13.2 Å². The number of furan rings is 1. The molecular weight excluding hydrogens is 254 g/mol. The molecule has 4 heteroatoms. The highest BCUT2D eigenvalue weighted by Gasteiger charge is 2.24. The molecule has 0 saturated heterocycles. The minimum Gasteiger partial charge on any atom is -0.493 e. The van der Waals surface area contributed by atoms with E-state index in [2.05, 4.69) is 24.4 Å². The molecule has 0 amide bonds. The number of hydrogen-bond donors (Lipinski definition) is 2. The van der Waals surface area contributed by atoms with Crippen LogP contribution >= 0.6 is 0 Å². The second kappa shape index (κ2) is 5.85. The van der Waals surface area contributed by atoms with Gasteiger partial charge in [-0.2, -0.15) is 0 Å². The molecule has 2 N–H and O–H groups in total. The molecule has 0 aliphatic heterocycles. The van der Waals surface area contributed by atoms with Crippen LogP contribution in [0.1, 0.15) is 37.8 Å². The van der Waals surface area contributed by atoms with Gasteiger partial charge in [0.25, 0.3) is 0 Å². The van der Waals surface area contributed by atoms with Crippen LogP contribution in [0.5, 0.6) is 5.75 Å². The Morgan fingerprint density at radius 1 is 1.45 bits per heavy atom. The summed E-state index contributed by atoms with van der Waals surface area (Å²) in [6, 6.07) is 7.03. The van der Waals surface area contributed by atoms with Crippen LogP contribution in [0, 0.1) is 0 Å². The van der Waals surface area contributed by atoms with Gasteiger partial charge in [0.15, 0.2) is 0 Å². The SMILES string of the molecule is CC(NC1CC1)c1cc(OCCCO)c2ccoc2c1. The second-order valence-corrected chi connectivity index (χ2v) is 5.44. The number of fused-ring (bicyclic) bond motifs is 1. The topological polar surface area (TPSA) is 54.6 Å². The maximum absolute atomic E-state index is 8.86. The van der Waals surface area contributed by atoms with E-state index in [9.17, 15) is 0 Å². The maximum atomic E-state index is 8.86. The lowest BCUT2D eigenvalue weighted by Crippen LogP contribution is -2.20. The second-order valence-electron chi connectivity index (χ2n) is 5.44. The Morgan fingerprint density at radius 2 is 2.30 bits per heavy atom. The van der Waals surface area contributed by atoms with Gasteiger partial charge in [-0.05, 0) is 43.5 Å². The van der Waals surface area contributed by atoms with Gasteiger partial charge in [0, 0.05) is 25.1 Å². The normalized spacial score (nSPS) is 16.5. The van der Waals surface area contributed by atoms with Crippen LogP contribution in [-0.2, 0) is 0 Å². The van der Waals surface area contributed by atoms with E-state index in [0.29, 0.717) is 19.1 Å². The summed E-state index contributed by atoms with van der Waals surface area (Å²) >= 11 is 0. The van der Waals surface area contributed by atoms with E-state index in [-0.39, 0.29) is 12.6 Å². The molecule has 1 saturated carbocycles. The average Bonchev–Trinajstić information content (AvgIpc) is 3.13. The smallest absolute Gasteiger partial charge is 0.137 e. The molecule has 1 heterocycles. The number of aliphatic hydroxyl groups excluding tert-OH is 1. The van der Waals surface area contributed by atoms with E-state index in [0.717, 1.165) is 16.7 Å². The van der Waals surface area contributed by atoms with E-state index in [1.54, 1.807) is 6.26 Å². The number of hydrogen-bond acceptors (Lipinski definition) is 4. The molecule has 4 nitrogen and oxygen atoms in total. The standard InChI is InChI=1S/C16H21NO3/c1-11(17-13-3-4-13)12-9-15(19-7-2-6-18)14-5-8-20-16(14)10-12/h5,8-11,13,17-18H,2-4,6-7H2,1H3. The third-order valence-corrected chi connectivity index (χ3v) is 3.68. The Hall–Kier alpha value is -1.52. The molecular formula is C16H21NO3. The van der Waals surface area contributed by atoms with Gasteiger partial charge in [-0.1, -0.05) is 0 Å². The molecule has 1 unspecified atom stereocenters. The molecule has 2 aromatic rings. The Balaban J connectivity index is 1.84. The van der Waals surface area contributed by atoms with E-state index in [1.165, 1.54) is 18.4 Å². The minimum atomic E-state index is 0.147. The Labute approximate surface area is 118 Å². The van der Waals surface area contributed by atoms with Gasteiger partial charge in [-0.15, -0.1) is 0 Å². The number of ether oxygens (including phenoxy) is 1. The number of benzene rings is 1. The van der Waals surface area contributed by atoms with Crippen LogP contribution in [0.2, 0.25) is 0 Å². The first-order valence-corrected chi connectivity index (χ1v) is 7.29. The van der Waals surface area contributed by atoms with Crippen molar-refractivity contribution in [1.82, 2.24) is 5.32 Å². The molecule has 1 aliphatic rings. The number of rotatable bonds is 7. The zero-order valence-corrected chi connectivity index (χ0v) is 11.8. The molecule has 20 heavy (non-hydrogen) atoms. The highest BCUT2D eigenvalue weighted by atomic mass is 16.5. The fourth-order valence-corrected chi connectivity index (χ4v) is 2.37. The van der Waals surface area contributed by atoms with Crippen molar-refractivity contribution in [2.24, 2.45) is 0 Å². The average molecular weight is 275 g/mol. The van der Waals surface area contributed by atoms with Gasteiger partial charge in [0.2, 0.25) is 0 Å². The van der Waals surface area contributed by atoms with Crippen LogP contribution in [0.3, 0.4) is 0 Å². The first-order chi connectivity index (χ1) is 9.78. The zero-order chi connectivity index (χ0) is 13.9. The Bertz CT molecular complexity index is 574. The monoisotopic (exact) mass is 275 g/mol. The van der Waals surface area contributed by atoms with Gasteiger partial charge < -0.3 is 19.6 Å². The zero-order valence-electron chi connectivity index (χ0n) is 11.8. The van der Waals surface area contributed by atoms with E-state index in [4.69, 9.17) is 14.3 Å². The van der Waals surface area contributed by atoms with E-state index in [1.807, 2.05) is 6.07 Å². The fraction of sp³-hybridized carbons (Fsp3) is 0.500. The van der Waals surface area contributed by atoms with E-state index >= 15 is 0 Å². The van der Waals surface area contributed by atoms with Crippen molar-refractivity contribution >= 4 is 11.0 Å². The van der Waals surface area contributed by atoms with Gasteiger partial charge in [-0.25, -0.2) is 0 Å². The first kappa shape index (κ1) is 13.5. The molecule has 1 fully saturated rings. The molecule has 0 spiro atoms. The summed E-state index contributed by atoms with van der Waals surface area (Å²) < 4.78 is 11.3. The third kappa shape index (κ3) is 2.97. The van der Waals surface area contributed by atoms with Gasteiger partial charge in [-0.3, -0.25) is 0 Å². The highest BCUT2D eigenvalue weighted by molar-refractivity contribution is 5.84. The quantitative estimate of drug-likeness (QED) is 0.763. The number of nitrogens with one attached hydrogen (secondary N) is 1. The van der Waals surface area contributed by atoms with Crippen molar-refractivity contribution in [2.45, 2.75) is 38.3 Å². The van der Waals surface area contributed by atoms with Gasteiger partial charge >= 0.3 is 0 Å². The van der Waals surface area contributed by atoms with Crippen molar-refractivity contribution in [3.63, 3.8) is 0 Å². The lowest BCUT2D eigenvalue weighted by molar-refractivity contribution is 0.234. The van der Waals surface area contributed by atoms with Crippen LogP contribution in [0.4, 0.5) is 0 Å². The Kier molecular flexibility index (Phi) is 3.94.